The van der Waals surface area contributed by atoms with Gasteiger partial charge < -0.3 is 4.42 Å². The number of ketones is 1. The van der Waals surface area contributed by atoms with E-state index < -0.39 is 0 Å². The van der Waals surface area contributed by atoms with Crippen LogP contribution in [0.1, 0.15) is 16.1 Å². The summed E-state index contributed by atoms with van der Waals surface area (Å²) in [5.41, 5.74) is 0.719. The van der Waals surface area contributed by atoms with E-state index in [0.717, 1.165) is 0 Å². The van der Waals surface area contributed by atoms with E-state index in [-0.39, 0.29) is 17.0 Å². The van der Waals surface area contributed by atoms with Crippen LogP contribution >= 0.6 is 0 Å². The molecule has 0 radical (unpaired) electrons. The summed E-state index contributed by atoms with van der Waals surface area (Å²) in [6.07, 6.45) is 0. The van der Waals surface area contributed by atoms with Crippen LogP contribution in [0.3, 0.4) is 0 Å². The molecule has 0 spiro atoms. The van der Waals surface area contributed by atoms with Gasteiger partial charge in [-0.2, -0.15) is 0 Å². The fourth-order valence-electron chi connectivity index (χ4n) is 1.95. The van der Waals surface area contributed by atoms with Gasteiger partial charge in [0.25, 0.3) is 0 Å². The second-order valence-corrected chi connectivity index (χ2v) is 4.17. The minimum atomic E-state index is -0.288. The molecule has 0 atom stereocenters. The van der Waals surface area contributed by atoms with Crippen LogP contribution in [-0.4, -0.2) is 5.78 Å². The van der Waals surface area contributed by atoms with Crippen molar-refractivity contribution in [2.24, 2.45) is 0 Å². The molecule has 2 aromatic carbocycles. The topological polar surface area (TPSA) is 47.3 Å². The zero-order valence-corrected chi connectivity index (χ0v) is 10.00. The standard InChI is InChI=1S/C16H10O3/c17-13-10-15(16(18)11-6-2-1-3-7-11)19-14-9-5-4-8-12(13)14/h1-10H. The molecule has 1 aromatic heterocycles. The molecule has 19 heavy (non-hydrogen) atoms. The zero-order chi connectivity index (χ0) is 13.2. The lowest BCUT2D eigenvalue weighted by Crippen LogP contribution is -2.07. The number of benzene rings is 2. The molecule has 0 aliphatic heterocycles. The molecule has 0 N–H and O–H groups in total. The minimum Gasteiger partial charge on any atom is -0.452 e. The van der Waals surface area contributed by atoms with Gasteiger partial charge in [0, 0.05) is 11.6 Å². The van der Waals surface area contributed by atoms with Crippen LogP contribution in [0.2, 0.25) is 0 Å². The number of rotatable bonds is 2. The first kappa shape index (κ1) is 11.4. The van der Waals surface area contributed by atoms with Crippen molar-refractivity contribution in [3.05, 3.63) is 82.2 Å². The van der Waals surface area contributed by atoms with Crippen molar-refractivity contribution in [3.63, 3.8) is 0 Å². The van der Waals surface area contributed by atoms with Gasteiger partial charge in [0.2, 0.25) is 5.78 Å². The summed E-state index contributed by atoms with van der Waals surface area (Å²) in [6, 6.07) is 16.9. The Balaban J connectivity index is 2.17. The molecule has 0 bridgehead atoms. The Morgan fingerprint density at radius 3 is 2.37 bits per heavy atom. The first-order valence-electron chi connectivity index (χ1n) is 5.88. The highest BCUT2D eigenvalue weighted by Gasteiger charge is 2.13. The van der Waals surface area contributed by atoms with Crippen LogP contribution in [-0.2, 0) is 0 Å². The Bertz CT molecular complexity index is 801. The van der Waals surface area contributed by atoms with Gasteiger partial charge in [-0.25, -0.2) is 0 Å². The minimum absolute atomic E-state index is 0.0647. The van der Waals surface area contributed by atoms with Crippen LogP contribution in [0.15, 0.2) is 69.9 Å². The largest absolute Gasteiger partial charge is 0.452 e. The van der Waals surface area contributed by atoms with Crippen LogP contribution in [0.5, 0.6) is 0 Å². The van der Waals surface area contributed by atoms with E-state index in [2.05, 4.69) is 0 Å². The highest BCUT2D eigenvalue weighted by Crippen LogP contribution is 2.14. The van der Waals surface area contributed by atoms with Crippen LogP contribution in [0.25, 0.3) is 11.0 Å². The summed E-state index contributed by atoms with van der Waals surface area (Å²) in [5.74, 6) is -0.224. The van der Waals surface area contributed by atoms with Crippen LogP contribution < -0.4 is 5.43 Å². The Morgan fingerprint density at radius 2 is 1.58 bits per heavy atom. The van der Waals surface area contributed by atoms with E-state index in [1.165, 1.54) is 6.07 Å². The van der Waals surface area contributed by atoms with Gasteiger partial charge in [-0.15, -0.1) is 0 Å². The van der Waals surface area contributed by atoms with Gasteiger partial charge in [-0.3, -0.25) is 9.59 Å². The van der Waals surface area contributed by atoms with E-state index in [4.69, 9.17) is 4.42 Å². The second-order valence-electron chi connectivity index (χ2n) is 4.17. The highest BCUT2D eigenvalue weighted by molar-refractivity contribution is 6.07. The molecule has 0 amide bonds. The van der Waals surface area contributed by atoms with E-state index >= 15 is 0 Å². The quantitative estimate of drug-likeness (QED) is 0.657. The zero-order valence-electron chi connectivity index (χ0n) is 10.00. The van der Waals surface area contributed by atoms with Gasteiger partial charge >= 0.3 is 0 Å². The summed E-state index contributed by atoms with van der Waals surface area (Å²) >= 11 is 0. The molecular weight excluding hydrogens is 240 g/mol. The highest BCUT2D eigenvalue weighted by atomic mass is 16.3. The molecule has 0 aliphatic rings. The molecule has 0 saturated heterocycles. The number of hydrogen-bond acceptors (Lipinski definition) is 3. The summed E-state index contributed by atoms with van der Waals surface area (Å²) in [5, 5.41) is 0.479. The number of carbonyl (C=O) groups excluding carboxylic acids is 1. The van der Waals surface area contributed by atoms with Crippen molar-refractivity contribution in [2.75, 3.05) is 0 Å². The average Bonchev–Trinajstić information content (AvgIpc) is 2.47. The number of carbonyl (C=O) groups is 1. The lowest BCUT2D eigenvalue weighted by atomic mass is 10.1. The molecule has 3 heteroatoms. The van der Waals surface area contributed by atoms with Crippen LogP contribution in [0.4, 0.5) is 0 Å². The van der Waals surface area contributed by atoms with E-state index in [0.29, 0.717) is 16.5 Å². The lowest BCUT2D eigenvalue weighted by molar-refractivity contribution is 0.101. The average molecular weight is 250 g/mol. The molecule has 0 fully saturated rings. The molecule has 3 nitrogen and oxygen atoms in total. The maximum Gasteiger partial charge on any atom is 0.228 e. The third kappa shape index (κ3) is 2.06. The Morgan fingerprint density at radius 1 is 0.895 bits per heavy atom. The van der Waals surface area contributed by atoms with Gasteiger partial charge in [-0.05, 0) is 12.1 Å². The molecule has 0 saturated carbocycles. The van der Waals surface area contributed by atoms with Crippen LogP contribution in [0, 0.1) is 0 Å². The van der Waals surface area contributed by atoms with Crippen molar-refractivity contribution in [1.82, 2.24) is 0 Å². The molecule has 3 aromatic rings. The monoisotopic (exact) mass is 250 g/mol. The molecule has 92 valence electrons. The number of para-hydroxylation sites is 1. The number of hydrogen-bond donors (Lipinski definition) is 0. The third-order valence-electron chi connectivity index (χ3n) is 2.89. The Hall–Kier alpha value is -2.68. The molecule has 0 unspecified atom stereocenters. The normalized spacial score (nSPS) is 10.5. The predicted octanol–water partition coefficient (Wildman–Crippen LogP) is 3.02. The maximum absolute atomic E-state index is 12.2. The van der Waals surface area contributed by atoms with Crippen molar-refractivity contribution < 1.29 is 9.21 Å². The molecule has 3 rings (SSSR count). The van der Waals surface area contributed by atoms with Crippen molar-refractivity contribution in [2.45, 2.75) is 0 Å². The fourth-order valence-corrected chi connectivity index (χ4v) is 1.95. The summed E-state index contributed by atoms with van der Waals surface area (Å²) in [6.45, 7) is 0. The van der Waals surface area contributed by atoms with Gasteiger partial charge in [-0.1, -0.05) is 42.5 Å². The SMILES string of the molecule is O=C(c1ccccc1)c1cc(=O)c2ccccc2o1. The lowest BCUT2D eigenvalue weighted by Gasteiger charge is -2.02. The Labute approximate surface area is 109 Å². The smallest absolute Gasteiger partial charge is 0.228 e. The van der Waals surface area contributed by atoms with Crippen molar-refractivity contribution in [1.29, 1.82) is 0 Å². The van der Waals surface area contributed by atoms with E-state index in [9.17, 15) is 9.59 Å². The fraction of sp³-hybridized carbons (Fsp3) is 0. The van der Waals surface area contributed by atoms with Crippen molar-refractivity contribution >= 4 is 16.8 Å². The second kappa shape index (κ2) is 4.53. The van der Waals surface area contributed by atoms with Crippen molar-refractivity contribution in [3.8, 4) is 0 Å². The van der Waals surface area contributed by atoms with E-state index in [1.807, 2.05) is 6.07 Å². The molecule has 1 heterocycles. The summed E-state index contributed by atoms with van der Waals surface area (Å²) in [4.78, 5) is 24.1. The summed E-state index contributed by atoms with van der Waals surface area (Å²) < 4.78 is 5.51. The van der Waals surface area contributed by atoms with E-state index in [1.54, 1.807) is 48.5 Å². The summed E-state index contributed by atoms with van der Waals surface area (Å²) in [7, 11) is 0. The number of fused-ring (bicyclic) bond motifs is 1. The maximum atomic E-state index is 12.2. The first-order valence-corrected chi connectivity index (χ1v) is 5.88. The molecule has 0 aliphatic carbocycles. The van der Waals surface area contributed by atoms with Gasteiger partial charge in [0.1, 0.15) is 5.58 Å². The van der Waals surface area contributed by atoms with Gasteiger partial charge in [0.15, 0.2) is 11.2 Å². The molecular formula is C16H10O3. The Kier molecular flexibility index (Phi) is 2.72. The predicted molar refractivity (Wildman–Crippen MR) is 72.4 cm³/mol. The first-order chi connectivity index (χ1) is 9.25. The van der Waals surface area contributed by atoms with Gasteiger partial charge in [0.05, 0.1) is 5.39 Å². The third-order valence-corrected chi connectivity index (χ3v) is 2.89.